The minimum atomic E-state index is -0.829. The van der Waals surface area contributed by atoms with Crippen molar-refractivity contribution in [1.29, 1.82) is 0 Å². The number of morpholine rings is 1. The average Bonchev–Trinajstić information content (AvgIpc) is 2.38. The van der Waals surface area contributed by atoms with Gasteiger partial charge in [0.1, 0.15) is 0 Å². The fraction of sp³-hybridized carbons (Fsp3) is 0.923. The van der Waals surface area contributed by atoms with Crippen LogP contribution in [-0.2, 0) is 15.5 Å². The van der Waals surface area contributed by atoms with E-state index in [9.17, 15) is 9.00 Å². The van der Waals surface area contributed by atoms with Crippen LogP contribution in [0.5, 0.6) is 0 Å². The number of rotatable bonds is 5. The summed E-state index contributed by atoms with van der Waals surface area (Å²) in [6.07, 6.45) is 3.33. The van der Waals surface area contributed by atoms with Crippen molar-refractivity contribution < 1.29 is 13.7 Å². The molecule has 0 saturated carbocycles. The minimum Gasteiger partial charge on any atom is -0.372 e. The van der Waals surface area contributed by atoms with Crippen LogP contribution in [0.1, 0.15) is 33.6 Å². The molecule has 1 rings (SSSR count). The van der Waals surface area contributed by atoms with Gasteiger partial charge in [0.2, 0.25) is 0 Å². The van der Waals surface area contributed by atoms with Crippen molar-refractivity contribution >= 4 is 16.8 Å². The van der Waals surface area contributed by atoms with Crippen molar-refractivity contribution in [2.45, 2.75) is 44.5 Å². The molecule has 0 spiro atoms. The summed E-state index contributed by atoms with van der Waals surface area (Å²) in [6.45, 7) is 8.47. The molecule has 1 aliphatic heterocycles. The van der Waals surface area contributed by atoms with Gasteiger partial charge in [-0.05, 0) is 19.8 Å². The summed E-state index contributed by atoms with van der Waals surface area (Å²) < 4.78 is 16.9. The van der Waals surface area contributed by atoms with Crippen LogP contribution in [0, 0.1) is 0 Å². The second kappa shape index (κ2) is 7.24. The Hall–Kier alpha value is -0.620. The van der Waals surface area contributed by atoms with Gasteiger partial charge in [0.05, 0.1) is 18.8 Å². The molecule has 1 N–H and O–H groups in total. The van der Waals surface area contributed by atoms with Gasteiger partial charge in [-0.2, -0.15) is 0 Å². The van der Waals surface area contributed by atoms with Gasteiger partial charge in [0.15, 0.2) is 0 Å². The van der Waals surface area contributed by atoms with E-state index in [2.05, 4.69) is 12.2 Å². The van der Waals surface area contributed by atoms with Crippen molar-refractivity contribution in [2.75, 3.05) is 32.5 Å². The monoisotopic (exact) mass is 290 g/mol. The summed E-state index contributed by atoms with van der Waals surface area (Å²) in [5.74, 6) is 0. The maximum Gasteiger partial charge on any atom is 0.317 e. The van der Waals surface area contributed by atoms with Gasteiger partial charge < -0.3 is 15.0 Å². The summed E-state index contributed by atoms with van der Waals surface area (Å²) in [6, 6.07) is -0.0444. The van der Waals surface area contributed by atoms with Crippen LogP contribution >= 0.6 is 0 Å². The lowest BCUT2D eigenvalue weighted by atomic mass is 10.0. The highest BCUT2D eigenvalue weighted by Gasteiger charge is 2.32. The number of carbonyl (C=O) groups excluding carboxylic acids is 1. The van der Waals surface area contributed by atoms with Gasteiger partial charge in [-0.3, -0.25) is 4.21 Å². The molecule has 1 heterocycles. The maximum atomic E-state index is 12.0. The van der Waals surface area contributed by atoms with E-state index in [1.54, 1.807) is 11.2 Å². The van der Waals surface area contributed by atoms with Crippen LogP contribution in [0.3, 0.4) is 0 Å². The number of nitrogens with one attached hydrogen (secondary N) is 1. The molecule has 1 fully saturated rings. The molecule has 3 atom stereocenters. The van der Waals surface area contributed by atoms with E-state index in [1.807, 2.05) is 13.8 Å². The molecule has 0 aromatic rings. The van der Waals surface area contributed by atoms with Crippen LogP contribution in [0.2, 0.25) is 0 Å². The summed E-state index contributed by atoms with van der Waals surface area (Å²) in [5, 5.41) is 3.01. The third-order valence-electron chi connectivity index (χ3n) is 3.77. The Morgan fingerprint density at radius 1 is 1.58 bits per heavy atom. The van der Waals surface area contributed by atoms with Crippen molar-refractivity contribution in [3.05, 3.63) is 0 Å². The van der Waals surface area contributed by atoms with Crippen LogP contribution in [-0.4, -0.2) is 58.5 Å². The fourth-order valence-electron chi connectivity index (χ4n) is 1.98. The summed E-state index contributed by atoms with van der Waals surface area (Å²) in [5.41, 5.74) is -0.228. The molecule has 0 aromatic carbocycles. The Bertz CT molecular complexity index is 338. The normalized spacial score (nSPS) is 26.8. The number of amides is 2. The molecule has 6 heteroatoms. The first kappa shape index (κ1) is 16.4. The Morgan fingerprint density at radius 3 is 2.84 bits per heavy atom. The van der Waals surface area contributed by atoms with Crippen LogP contribution < -0.4 is 5.32 Å². The van der Waals surface area contributed by atoms with E-state index < -0.39 is 10.8 Å². The van der Waals surface area contributed by atoms with Gasteiger partial charge in [-0.1, -0.05) is 13.8 Å². The quantitative estimate of drug-likeness (QED) is 0.831. The first-order chi connectivity index (χ1) is 8.88. The van der Waals surface area contributed by atoms with E-state index in [0.29, 0.717) is 26.2 Å². The highest BCUT2D eigenvalue weighted by molar-refractivity contribution is 7.84. The first-order valence-electron chi connectivity index (χ1n) is 6.87. The van der Waals surface area contributed by atoms with E-state index in [4.69, 9.17) is 4.74 Å². The molecule has 5 nitrogen and oxygen atoms in total. The third-order valence-corrected chi connectivity index (χ3v) is 5.13. The van der Waals surface area contributed by atoms with Gasteiger partial charge in [0.25, 0.3) is 0 Å². The molecular formula is C13H26N2O3S. The van der Waals surface area contributed by atoms with Crippen molar-refractivity contribution in [3.63, 3.8) is 0 Å². The van der Waals surface area contributed by atoms with Crippen molar-refractivity contribution in [2.24, 2.45) is 0 Å². The Labute approximate surface area is 118 Å². The fourth-order valence-corrected chi connectivity index (χ4v) is 2.43. The topological polar surface area (TPSA) is 58.6 Å². The zero-order chi connectivity index (χ0) is 14.5. The number of hydrogen-bond acceptors (Lipinski definition) is 3. The Balaban J connectivity index is 2.35. The molecule has 0 aliphatic carbocycles. The molecule has 0 aromatic heterocycles. The van der Waals surface area contributed by atoms with Gasteiger partial charge in [0, 0.05) is 35.4 Å². The van der Waals surface area contributed by atoms with E-state index in [0.717, 1.165) is 12.8 Å². The SMILES string of the molecule is CC[C@]1(C)CN(C(=O)NCC[C@H](C)[S@@](C)=O)CCO1. The molecule has 1 aliphatic rings. The van der Waals surface area contributed by atoms with Crippen molar-refractivity contribution in [3.8, 4) is 0 Å². The second-order valence-corrected chi connectivity index (χ2v) is 7.21. The molecule has 112 valence electrons. The number of carbonyl (C=O) groups is 1. The predicted molar refractivity (Wildman–Crippen MR) is 77.8 cm³/mol. The summed E-state index contributed by atoms with van der Waals surface area (Å²) in [4.78, 5) is 13.8. The highest BCUT2D eigenvalue weighted by Crippen LogP contribution is 2.20. The summed E-state index contributed by atoms with van der Waals surface area (Å²) >= 11 is 0. The molecule has 0 radical (unpaired) electrons. The molecule has 2 amide bonds. The zero-order valence-corrected chi connectivity index (χ0v) is 13.2. The van der Waals surface area contributed by atoms with E-state index in [1.165, 1.54) is 0 Å². The largest absolute Gasteiger partial charge is 0.372 e. The first-order valence-corrected chi connectivity index (χ1v) is 8.49. The number of urea groups is 1. The molecule has 0 unspecified atom stereocenters. The third kappa shape index (κ3) is 5.10. The molecule has 0 bridgehead atoms. The van der Waals surface area contributed by atoms with Gasteiger partial charge >= 0.3 is 6.03 Å². The maximum absolute atomic E-state index is 12.0. The molecular weight excluding hydrogens is 264 g/mol. The van der Waals surface area contributed by atoms with Crippen LogP contribution in [0.15, 0.2) is 0 Å². The second-order valence-electron chi connectivity index (χ2n) is 5.40. The lowest BCUT2D eigenvalue weighted by molar-refractivity contribution is -0.0872. The van der Waals surface area contributed by atoms with Crippen molar-refractivity contribution in [1.82, 2.24) is 10.2 Å². The highest BCUT2D eigenvalue weighted by atomic mass is 32.2. The summed E-state index contributed by atoms with van der Waals surface area (Å²) in [7, 11) is -0.829. The number of hydrogen-bond donors (Lipinski definition) is 1. The molecule has 1 saturated heterocycles. The van der Waals surface area contributed by atoms with Crippen LogP contribution in [0.25, 0.3) is 0 Å². The lowest BCUT2D eigenvalue weighted by Gasteiger charge is -2.39. The van der Waals surface area contributed by atoms with E-state index in [-0.39, 0.29) is 16.9 Å². The predicted octanol–water partition coefficient (Wildman–Crippen LogP) is 1.35. The van der Waals surface area contributed by atoms with Gasteiger partial charge in [-0.25, -0.2) is 4.79 Å². The Morgan fingerprint density at radius 2 is 2.26 bits per heavy atom. The standard InChI is InChI=1S/C13H26N2O3S/c1-5-13(3)10-15(8-9-18-13)12(16)14-7-6-11(2)19(4)17/h11H,5-10H2,1-4H3,(H,14,16)/t11-,13+,19+/m0/s1. The average molecular weight is 290 g/mol. The molecule has 19 heavy (non-hydrogen) atoms. The van der Waals surface area contributed by atoms with E-state index >= 15 is 0 Å². The number of nitrogens with zero attached hydrogens (tertiary/aromatic N) is 1. The lowest BCUT2D eigenvalue weighted by Crippen LogP contribution is -2.54. The zero-order valence-electron chi connectivity index (χ0n) is 12.4. The van der Waals surface area contributed by atoms with Crippen LogP contribution in [0.4, 0.5) is 4.79 Å². The Kier molecular flexibility index (Phi) is 6.26. The smallest absolute Gasteiger partial charge is 0.317 e. The van der Waals surface area contributed by atoms with Gasteiger partial charge in [-0.15, -0.1) is 0 Å². The number of ether oxygens (including phenoxy) is 1. The minimum absolute atomic E-state index is 0.0444.